The second-order valence-corrected chi connectivity index (χ2v) is 4.40. The Hall–Kier alpha value is -2.51. The predicted molar refractivity (Wildman–Crippen MR) is 81.3 cm³/mol. The maximum Gasteiger partial charge on any atom is 0.253 e. The molecular formula is C16H13ClN2O2. The maximum atomic E-state index is 11.8. The highest BCUT2D eigenvalue weighted by atomic mass is 35.5. The van der Waals surface area contributed by atoms with E-state index < -0.39 is 0 Å². The molecule has 0 aliphatic carbocycles. The molecule has 1 amide bonds. The minimum Gasteiger partial charge on any atom is -0.479 e. The smallest absolute Gasteiger partial charge is 0.253 e. The molecule has 106 valence electrons. The average molecular weight is 301 g/mol. The van der Waals surface area contributed by atoms with Crippen molar-refractivity contribution in [2.45, 2.75) is 0 Å². The molecule has 1 N–H and O–H groups in total. The Labute approximate surface area is 128 Å². The van der Waals surface area contributed by atoms with Crippen LogP contribution in [0.3, 0.4) is 0 Å². The number of aromatic nitrogens is 1. The summed E-state index contributed by atoms with van der Waals surface area (Å²) in [6.45, 7) is 0.480. The zero-order valence-electron chi connectivity index (χ0n) is 11.2. The molecule has 0 saturated carbocycles. The van der Waals surface area contributed by atoms with Crippen LogP contribution in [0.4, 0.5) is 0 Å². The molecule has 21 heavy (non-hydrogen) atoms. The minimum atomic E-state index is -0.247. The van der Waals surface area contributed by atoms with E-state index >= 15 is 0 Å². The number of carbonyl (C=O) groups is 1. The van der Waals surface area contributed by atoms with Crippen molar-refractivity contribution in [1.29, 1.82) is 0 Å². The fourth-order valence-electron chi connectivity index (χ4n) is 1.53. The van der Waals surface area contributed by atoms with Crippen molar-refractivity contribution in [3.05, 3.63) is 59.4 Å². The number of halogens is 1. The van der Waals surface area contributed by atoms with Gasteiger partial charge in [0.25, 0.3) is 5.91 Å². The van der Waals surface area contributed by atoms with E-state index in [0.717, 1.165) is 0 Å². The number of ether oxygens (including phenoxy) is 1. The molecule has 0 unspecified atom stereocenters. The molecule has 0 saturated heterocycles. The SMILES string of the molecule is O=C(NCC#CCOc1cccnc1)c1ccccc1Cl. The Kier molecular flexibility index (Phi) is 5.62. The molecule has 0 aliphatic heterocycles. The van der Waals surface area contributed by atoms with Crippen molar-refractivity contribution in [2.75, 3.05) is 13.2 Å². The Morgan fingerprint density at radius 3 is 2.86 bits per heavy atom. The fraction of sp³-hybridized carbons (Fsp3) is 0.125. The molecule has 4 nitrogen and oxygen atoms in total. The third-order valence-electron chi connectivity index (χ3n) is 2.53. The molecule has 5 heteroatoms. The van der Waals surface area contributed by atoms with Crippen LogP contribution in [0.25, 0.3) is 0 Å². The van der Waals surface area contributed by atoms with Crippen LogP contribution < -0.4 is 10.1 Å². The predicted octanol–water partition coefficient (Wildman–Crippen LogP) is 2.55. The average Bonchev–Trinajstić information content (AvgIpc) is 2.52. The van der Waals surface area contributed by atoms with E-state index in [1.165, 1.54) is 0 Å². The molecule has 2 aromatic rings. The molecule has 0 fully saturated rings. The first-order valence-electron chi connectivity index (χ1n) is 6.28. The fourth-order valence-corrected chi connectivity index (χ4v) is 1.75. The highest BCUT2D eigenvalue weighted by Crippen LogP contribution is 2.14. The lowest BCUT2D eigenvalue weighted by Crippen LogP contribution is -2.23. The molecular weight excluding hydrogens is 288 g/mol. The molecule has 0 atom stereocenters. The van der Waals surface area contributed by atoms with Gasteiger partial charge in [0.05, 0.1) is 23.3 Å². The van der Waals surface area contributed by atoms with Crippen LogP contribution >= 0.6 is 11.6 Å². The number of benzene rings is 1. The van der Waals surface area contributed by atoms with Gasteiger partial charge in [0.1, 0.15) is 12.4 Å². The molecule has 0 spiro atoms. The number of nitrogens with one attached hydrogen (secondary N) is 1. The zero-order valence-corrected chi connectivity index (χ0v) is 11.9. The maximum absolute atomic E-state index is 11.8. The van der Waals surface area contributed by atoms with Crippen LogP contribution in [0, 0.1) is 11.8 Å². The molecule has 0 radical (unpaired) electrons. The monoisotopic (exact) mass is 300 g/mol. The van der Waals surface area contributed by atoms with E-state index in [-0.39, 0.29) is 19.1 Å². The number of carbonyl (C=O) groups excluding carboxylic acids is 1. The second-order valence-electron chi connectivity index (χ2n) is 3.99. The summed E-state index contributed by atoms with van der Waals surface area (Å²) in [5, 5.41) is 3.09. The normalized spacial score (nSPS) is 9.38. The molecule has 1 aromatic carbocycles. The Morgan fingerprint density at radius 2 is 2.10 bits per heavy atom. The number of amides is 1. The highest BCUT2D eigenvalue weighted by molar-refractivity contribution is 6.33. The van der Waals surface area contributed by atoms with Crippen molar-refractivity contribution in [2.24, 2.45) is 0 Å². The lowest BCUT2D eigenvalue weighted by Gasteiger charge is -2.03. The van der Waals surface area contributed by atoms with Crippen LogP contribution in [0.15, 0.2) is 48.8 Å². The molecule has 0 aliphatic rings. The van der Waals surface area contributed by atoms with Gasteiger partial charge in [0.2, 0.25) is 0 Å². The topological polar surface area (TPSA) is 51.2 Å². The van der Waals surface area contributed by atoms with Crippen molar-refractivity contribution in [3.8, 4) is 17.6 Å². The molecule has 2 rings (SSSR count). The van der Waals surface area contributed by atoms with Gasteiger partial charge in [0.15, 0.2) is 0 Å². The summed E-state index contributed by atoms with van der Waals surface area (Å²) in [6.07, 6.45) is 3.28. The molecule has 0 bridgehead atoms. The van der Waals surface area contributed by atoms with Crippen molar-refractivity contribution >= 4 is 17.5 Å². The third kappa shape index (κ3) is 4.83. The first-order chi connectivity index (χ1) is 10.3. The Morgan fingerprint density at radius 1 is 1.24 bits per heavy atom. The summed E-state index contributed by atoms with van der Waals surface area (Å²) >= 11 is 5.93. The van der Waals surface area contributed by atoms with E-state index in [2.05, 4.69) is 22.1 Å². The lowest BCUT2D eigenvalue weighted by molar-refractivity contribution is 0.0959. The van der Waals surface area contributed by atoms with Crippen LogP contribution in [0.2, 0.25) is 5.02 Å². The summed E-state index contributed by atoms with van der Waals surface area (Å²) in [7, 11) is 0. The van der Waals surface area contributed by atoms with Gasteiger partial charge in [-0.25, -0.2) is 0 Å². The largest absolute Gasteiger partial charge is 0.479 e. The van der Waals surface area contributed by atoms with Gasteiger partial charge in [-0.05, 0) is 24.3 Å². The molecule has 1 aromatic heterocycles. The van der Waals surface area contributed by atoms with Crippen molar-refractivity contribution in [1.82, 2.24) is 10.3 Å². The number of hydrogen-bond donors (Lipinski definition) is 1. The number of pyridine rings is 1. The van der Waals surface area contributed by atoms with Gasteiger partial charge in [-0.3, -0.25) is 9.78 Å². The van der Waals surface area contributed by atoms with E-state index in [1.54, 1.807) is 48.8 Å². The van der Waals surface area contributed by atoms with E-state index in [4.69, 9.17) is 16.3 Å². The summed E-state index contributed by atoms with van der Waals surface area (Å²) in [6, 6.07) is 10.4. The third-order valence-corrected chi connectivity index (χ3v) is 2.86. The first kappa shape index (κ1) is 14.9. The quantitative estimate of drug-likeness (QED) is 0.883. The first-order valence-corrected chi connectivity index (χ1v) is 6.66. The van der Waals surface area contributed by atoms with Gasteiger partial charge in [-0.15, -0.1) is 0 Å². The van der Waals surface area contributed by atoms with Crippen LogP contribution in [-0.2, 0) is 0 Å². The lowest BCUT2D eigenvalue weighted by atomic mass is 10.2. The number of nitrogens with zero attached hydrogens (tertiary/aromatic N) is 1. The number of hydrogen-bond acceptors (Lipinski definition) is 3. The van der Waals surface area contributed by atoms with Gasteiger partial charge < -0.3 is 10.1 Å². The van der Waals surface area contributed by atoms with Gasteiger partial charge in [0, 0.05) is 6.20 Å². The van der Waals surface area contributed by atoms with E-state index in [1.807, 2.05) is 0 Å². The number of rotatable bonds is 4. The van der Waals surface area contributed by atoms with Crippen LogP contribution in [0.5, 0.6) is 5.75 Å². The highest BCUT2D eigenvalue weighted by Gasteiger charge is 2.07. The van der Waals surface area contributed by atoms with Crippen molar-refractivity contribution in [3.63, 3.8) is 0 Å². The summed E-state index contributed by atoms with van der Waals surface area (Å²) in [5.41, 5.74) is 0.438. The summed E-state index contributed by atoms with van der Waals surface area (Å²) < 4.78 is 5.35. The second kappa shape index (κ2) is 7.93. The van der Waals surface area contributed by atoms with Gasteiger partial charge >= 0.3 is 0 Å². The van der Waals surface area contributed by atoms with E-state index in [0.29, 0.717) is 16.3 Å². The summed E-state index contributed by atoms with van der Waals surface area (Å²) in [4.78, 5) is 15.7. The van der Waals surface area contributed by atoms with Crippen LogP contribution in [-0.4, -0.2) is 24.0 Å². The minimum absolute atomic E-state index is 0.237. The van der Waals surface area contributed by atoms with Crippen LogP contribution in [0.1, 0.15) is 10.4 Å². The molecule has 1 heterocycles. The standard InChI is InChI=1S/C16H13ClN2O2/c17-15-8-2-1-7-14(15)16(20)19-10-3-4-11-21-13-6-5-9-18-12-13/h1-2,5-9,12H,10-11H2,(H,19,20). The zero-order chi connectivity index (χ0) is 14.9. The van der Waals surface area contributed by atoms with Crippen molar-refractivity contribution < 1.29 is 9.53 Å². The van der Waals surface area contributed by atoms with Gasteiger partial charge in [-0.2, -0.15) is 0 Å². The van der Waals surface area contributed by atoms with E-state index in [9.17, 15) is 4.79 Å². The van der Waals surface area contributed by atoms with Gasteiger partial charge in [-0.1, -0.05) is 35.6 Å². The Balaban J connectivity index is 1.74. The summed E-state index contributed by atoms with van der Waals surface area (Å²) in [5.74, 6) is 6.02. The Bertz CT molecular complexity index is 663.